The molecular formula is C14H12N2O3. The molecule has 0 atom stereocenters. The lowest BCUT2D eigenvalue weighted by Gasteiger charge is -1.99. The van der Waals surface area contributed by atoms with E-state index in [4.69, 9.17) is 5.11 Å². The molecule has 0 amide bonds. The summed E-state index contributed by atoms with van der Waals surface area (Å²) < 4.78 is 0. The maximum Gasteiger partial charge on any atom is 0.159 e. The van der Waals surface area contributed by atoms with Gasteiger partial charge in [-0.05, 0) is 43.3 Å². The van der Waals surface area contributed by atoms with Crippen molar-refractivity contribution in [2.75, 3.05) is 0 Å². The fourth-order valence-corrected chi connectivity index (χ4v) is 1.47. The molecule has 2 N–H and O–H groups in total. The van der Waals surface area contributed by atoms with E-state index in [2.05, 4.69) is 10.2 Å². The largest absolute Gasteiger partial charge is 0.508 e. The van der Waals surface area contributed by atoms with E-state index in [1.807, 2.05) is 0 Å². The lowest BCUT2D eigenvalue weighted by molar-refractivity contribution is 0.101. The van der Waals surface area contributed by atoms with Crippen molar-refractivity contribution in [3.05, 3.63) is 48.0 Å². The van der Waals surface area contributed by atoms with Crippen LogP contribution in [0.1, 0.15) is 17.3 Å². The molecule has 5 nitrogen and oxygen atoms in total. The summed E-state index contributed by atoms with van der Waals surface area (Å²) in [7, 11) is 0. The molecular weight excluding hydrogens is 244 g/mol. The number of carbonyl (C=O) groups is 1. The second kappa shape index (κ2) is 5.30. The van der Waals surface area contributed by atoms with Gasteiger partial charge in [0.25, 0.3) is 0 Å². The Morgan fingerprint density at radius 1 is 1.00 bits per heavy atom. The van der Waals surface area contributed by atoms with Gasteiger partial charge >= 0.3 is 0 Å². The number of Topliss-reactive ketones (excluding diaryl/α,β-unsaturated/α-hetero) is 1. The first kappa shape index (κ1) is 12.8. The summed E-state index contributed by atoms with van der Waals surface area (Å²) in [5, 5.41) is 26.5. The van der Waals surface area contributed by atoms with Crippen molar-refractivity contribution >= 4 is 17.2 Å². The summed E-state index contributed by atoms with van der Waals surface area (Å²) in [6.45, 7) is 1.49. The van der Waals surface area contributed by atoms with Crippen LogP contribution in [0.5, 0.6) is 11.5 Å². The highest BCUT2D eigenvalue weighted by Crippen LogP contribution is 2.31. The van der Waals surface area contributed by atoms with Gasteiger partial charge in [0.1, 0.15) is 17.2 Å². The van der Waals surface area contributed by atoms with E-state index in [9.17, 15) is 9.90 Å². The monoisotopic (exact) mass is 256 g/mol. The van der Waals surface area contributed by atoms with Gasteiger partial charge in [-0.15, -0.1) is 5.11 Å². The third kappa shape index (κ3) is 3.16. The molecule has 0 saturated carbocycles. The molecule has 0 fully saturated rings. The van der Waals surface area contributed by atoms with Gasteiger partial charge in [0.15, 0.2) is 5.78 Å². The lowest BCUT2D eigenvalue weighted by Crippen LogP contribution is -1.89. The molecule has 0 spiro atoms. The van der Waals surface area contributed by atoms with Crippen molar-refractivity contribution in [2.24, 2.45) is 10.2 Å². The fourth-order valence-electron chi connectivity index (χ4n) is 1.47. The molecule has 0 saturated heterocycles. The van der Waals surface area contributed by atoms with Crippen molar-refractivity contribution in [1.29, 1.82) is 0 Å². The molecule has 19 heavy (non-hydrogen) atoms. The Morgan fingerprint density at radius 3 is 2.26 bits per heavy atom. The molecule has 0 bridgehead atoms. The third-order valence-electron chi connectivity index (χ3n) is 2.51. The zero-order valence-electron chi connectivity index (χ0n) is 10.2. The molecule has 0 heterocycles. The zero-order valence-corrected chi connectivity index (χ0v) is 10.2. The normalized spacial score (nSPS) is 10.8. The highest BCUT2D eigenvalue weighted by atomic mass is 16.3. The van der Waals surface area contributed by atoms with E-state index >= 15 is 0 Å². The summed E-state index contributed by atoms with van der Waals surface area (Å²) in [4.78, 5) is 11.1. The van der Waals surface area contributed by atoms with Crippen molar-refractivity contribution in [2.45, 2.75) is 6.92 Å². The quantitative estimate of drug-likeness (QED) is 0.648. The minimum atomic E-state index is -0.149. The average molecular weight is 256 g/mol. The van der Waals surface area contributed by atoms with Gasteiger partial charge in [-0.25, -0.2) is 0 Å². The standard InChI is InChI=1S/C14H12N2O3/c1-9(17)10-2-4-11(5-3-10)15-16-13-7-6-12(18)8-14(13)19/h2-8,18-19H,1H3. The van der Waals surface area contributed by atoms with Crippen LogP contribution in [0, 0.1) is 0 Å². The second-order valence-corrected chi connectivity index (χ2v) is 3.98. The van der Waals surface area contributed by atoms with E-state index in [0.29, 0.717) is 11.3 Å². The maximum atomic E-state index is 11.1. The van der Waals surface area contributed by atoms with Crippen molar-refractivity contribution in [1.82, 2.24) is 0 Å². The van der Waals surface area contributed by atoms with Gasteiger partial charge in [-0.1, -0.05) is 0 Å². The number of phenolic OH excluding ortho intramolecular Hbond substituents is 2. The van der Waals surface area contributed by atoms with Gasteiger partial charge in [0.05, 0.1) is 5.69 Å². The van der Waals surface area contributed by atoms with Crippen LogP contribution >= 0.6 is 0 Å². The van der Waals surface area contributed by atoms with E-state index in [-0.39, 0.29) is 23.0 Å². The molecule has 0 aromatic heterocycles. The maximum absolute atomic E-state index is 11.1. The van der Waals surface area contributed by atoms with E-state index < -0.39 is 0 Å². The molecule has 0 aliphatic carbocycles. The smallest absolute Gasteiger partial charge is 0.159 e. The number of phenols is 2. The molecule has 96 valence electrons. The topological polar surface area (TPSA) is 82.2 Å². The van der Waals surface area contributed by atoms with Gasteiger partial charge in [-0.3, -0.25) is 4.79 Å². The number of nitrogens with zero attached hydrogens (tertiary/aromatic N) is 2. The number of rotatable bonds is 3. The number of hydrogen-bond donors (Lipinski definition) is 2. The first-order chi connectivity index (χ1) is 9.06. The van der Waals surface area contributed by atoms with Crippen molar-refractivity contribution in [3.8, 4) is 11.5 Å². The van der Waals surface area contributed by atoms with Gasteiger partial charge < -0.3 is 10.2 Å². The minimum Gasteiger partial charge on any atom is -0.508 e. The number of aromatic hydroxyl groups is 2. The highest BCUT2D eigenvalue weighted by Gasteiger charge is 2.01. The number of benzene rings is 2. The van der Waals surface area contributed by atoms with Crippen LogP contribution in [-0.2, 0) is 0 Å². The molecule has 0 aliphatic rings. The number of carbonyl (C=O) groups excluding carboxylic acids is 1. The minimum absolute atomic E-state index is 0.0142. The Labute approximate surface area is 109 Å². The van der Waals surface area contributed by atoms with Crippen LogP contribution in [0.3, 0.4) is 0 Å². The third-order valence-corrected chi connectivity index (χ3v) is 2.51. The van der Waals surface area contributed by atoms with E-state index in [0.717, 1.165) is 0 Å². The zero-order chi connectivity index (χ0) is 13.8. The van der Waals surface area contributed by atoms with Crippen LogP contribution < -0.4 is 0 Å². The Bertz CT molecular complexity index is 634. The summed E-state index contributed by atoms with van der Waals surface area (Å²) in [6, 6.07) is 10.7. The Morgan fingerprint density at radius 2 is 1.68 bits per heavy atom. The van der Waals surface area contributed by atoms with Gasteiger partial charge in [0.2, 0.25) is 0 Å². The highest BCUT2D eigenvalue weighted by molar-refractivity contribution is 5.94. The molecule has 0 radical (unpaired) electrons. The van der Waals surface area contributed by atoms with Gasteiger partial charge in [-0.2, -0.15) is 5.11 Å². The van der Waals surface area contributed by atoms with Crippen LogP contribution in [-0.4, -0.2) is 16.0 Å². The Hall–Kier alpha value is -2.69. The predicted molar refractivity (Wildman–Crippen MR) is 70.4 cm³/mol. The first-order valence-electron chi connectivity index (χ1n) is 5.61. The van der Waals surface area contributed by atoms with Crippen molar-refractivity contribution in [3.63, 3.8) is 0 Å². The predicted octanol–water partition coefficient (Wildman–Crippen LogP) is 3.72. The molecule has 2 aromatic rings. The Balaban J connectivity index is 2.20. The Kier molecular flexibility index (Phi) is 3.56. The molecule has 0 unspecified atom stereocenters. The van der Waals surface area contributed by atoms with Crippen LogP contribution in [0.2, 0.25) is 0 Å². The van der Waals surface area contributed by atoms with E-state index in [1.54, 1.807) is 24.3 Å². The molecule has 2 aromatic carbocycles. The lowest BCUT2D eigenvalue weighted by atomic mass is 10.1. The summed E-state index contributed by atoms with van der Waals surface area (Å²) in [5.41, 5.74) is 1.43. The summed E-state index contributed by atoms with van der Waals surface area (Å²) in [5.74, 6) is -0.203. The number of ketones is 1. The molecule has 2 rings (SSSR count). The van der Waals surface area contributed by atoms with Crippen molar-refractivity contribution < 1.29 is 15.0 Å². The first-order valence-corrected chi connectivity index (χ1v) is 5.61. The molecule has 5 heteroatoms. The summed E-state index contributed by atoms with van der Waals surface area (Å²) >= 11 is 0. The molecule has 0 aliphatic heterocycles. The fraction of sp³-hybridized carbons (Fsp3) is 0.0714. The number of azo groups is 1. The second-order valence-electron chi connectivity index (χ2n) is 3.98. The average Bonchev–Trinajstić information content (AvgIpc) is 2.38. The SMILES string of the molecule is CC(=O)c1ccc(N=Nc2ccc(O)cc2O)cc1. The summed E-state index contributed by atoms with van der Waals surface area (Å²) in [6.07, 6.45) is 0. The van der Waals surface area contributed by atoms with Crippen LogP contribution in [0.4, 0.5) is 11.4 Å². The van der Waals surface area contributed by atoms with Crippen LogP contribution in [0.15, 0.2) is 52.7 Å². The number of hydrogen-bond acceptors (Lipinski definition) is 5. The van der Waals surface area contributed by atoms with Gasteiger partial charge in [0, 0.05) is 11.6 Å². The van der Waals surface area contributed by atoms with E-state index in [1.165, 1.54) is 25.1 Å². The van der Waals surface area contributed by atoms with Crippen LogP contribution in [0.25, 0.3) is 0 Å².